The molecule has 0 aliphatic heterocycles. The summed E-state index contributed by atoms with van der Waals surface area (Å²) in [6, 6.07) is 6.09. The highest BCUT2D eigenvalue weighted by molar-refractivity contribution is 5.75. The van der Waals surface area contributed by atoms with Crippen molar-refractivity contribution in [3.63, 3.8) is 0 Å². The number of carbonyl (C=O) groups excluding carboxylic acids is 1. The maximum absolute atomic E-state index is 11.7. The zero-order valence-electron chi connectivity index (χ0n) is 13.4. The van der Waals surface area contributed by atoms with Crippen molar-refractivity contribution in [1.82, 2.24) is 10.6 Å². The van der Waals surface area contributed by atoms with Crippen molar-refractivity contribution < 1.29 is 14.3 Å². The van der Waals surface area contributed by atoms with Crippen molar-refractivity contribution in [3.05, 3.63) is 23.8 Å². The van der Waals surface area contributed by atoms with Gasteiger partial charge in [0.2, 0.25) is 5.91 Å². The van der Waals surface area contributed by atoms with Gasteiger partial charge in [0, 0.05) is 19.0 Å². The molecule has 1 amide bonds. The van der Waals surface area contributed by atoms with E-state index >= 15 is 0 Å². The fourth-order valence-electron chi connectivity index (χ4n) is 1.92. The Labute approximate surface area is 127 Å². The fourth-order valence-corrected chi connectivity index (χ4v) is 1.92. The Hall–Kier alpha value is -1.75. The molecule has 21 heavy (non-hydrogen) atoms. The summed E-state index contributed by atoms with van der Waals surface area (Å²) in [6.45, 7) is 5.55. The third-order valence-corrected chi connectivity index (χ3v) is 3.07. The minimum Gasteiger partial charge on any atom is -0.493 e. The molecular weight excluding hydrogens is 268 g/mol. The van der Waals surface area contributed by atoms with Gasteiger partial charge in [-0.15, -0.1) is 0 Å². The van der Waals surface area contributed by atoms with Crippen LogP contribution in [0.15, 0.2) is 18.2 Å². The average molecular weight is 294 g/mol. The Morgan fingerprint density at radius 2 is 1.90 bits per heavy atom. The molecular formula is C16H26N2O3. The Balaban J connectivity index is 2.36. The van der Waals surface area contributed by atoms with Crippen molar-refractivity contribution in [1.29, 1.82) is 0 Å². The molecule has 0 spiro atoms. The molecule has 0 radical (unpaired) electrons. The molecule has 0 bridgehead atoms. The zero-order chi connectivity index (χ0) is 15.7. The van der Waals surface area contributed by atoms with Crippen molar-refractivity contribution >= 4 is 5.91 Å². The summed E-state index contributed by atoms with van der Waals surface area (Å²) < 4.78 is 10.4. The highest BCUT2D eigenvalue weighted by Gasteiger charge is 2.06. The van der Waals surface area contributed by atoms with Crippen LogP contribution in [0, 0.1) is 0 Å². The number of hydrogen-bond donors (Lipinski definition) is 2. The van der Waals surface area contributed by atoms with E-state index in [1.165, 1.54) is 0 Å². The number of nitrogens with one attached hydrogen (secondary N) is 2. The van der Waals surface area contributed by atoms with Gasteiger partial charge in [0.05, 0.1) is 14.2 Å². The lowest BCUT2D eigenvalue weighted by atomic mass is 10.2. The Morgan fingerprint density at radius 3 is 2.52 bits per heavy atom. The summed E-state index contributed by atoms with van der Waals surface area (Å²) in [7, 11) is 3.20. The fraction of sp³-hybridized carbons (Fsp3) is 0.562. The summed E-state index contributed by atoms with van der Waals surface area (Å²) in [5.41, 5.74) is 0.987. The van der Waals surface area contributed by atoms with Crippen molar-refractivity contribution in [3.8, 4) is 11.5 Å². The first kappa shape index (κ1) is 17.3. The largest absolute Gasteiger partial charge is 0.493 e. The molecule has 1 aromatic rings. The molecule has 0 aliphatic carbocycles. The SMILES string of the molecule is COc1ccc(CNC(=O)CCCNC(C)C)cc1OC. The van der Waals surface area contributed by atoms with Crippen LogP contribution in [-0.2, 0) is 11.3 Å². The first-order valence-electron chi connectivity index (χ1n) is 7.27. The van der Waals surface area contributed by atoms with Crippen molar-refractivity contribution in [2.75, 3.05) is 20.8 Å². The Bertz CT molecular complexity index is 447. The summed E-state index contributed by atoms with van der Waals surface area (Å²) >= 11 is 0. The summed E-state index contributed by atoms with van der Waals surface area (Å²) in [6.07, 6.45) is 1.38. The van der Waals surface area contributed by atoms with Crippen LogP contribution >= 0.6 is 0 Å². The van der Waals surface area contributed by atoms with Crippen LogP contribution in [0.5, 0.6) is 11.5 Å². The number of benzene rings is 1. The van der Waals surface area contributed by atoms with E-state index in [0.717, 1.165) is 18.5 Å². The van der Waals surface area contributed by atoms with Crippen molar-refractivity contribution in [2.45, 2.75) is 39.3 Å². The van der Waals surface area contributed by atoms with E-state index < -0.39 is 0 Å². The Kier molecular flexibility index (Phi) is 7.61. The van der Waals surface area contributed by atoms with Gasteiger partial charge >= 0.3 is 0 Å². The van der Waals surface area contributed by atoms with E-state index in [0.29, 0.717) is 30.5 Å². The topological polar surface area (TPSA) is 59.6 Å². The van der Waals surface area contributed by atoms with Gasteiger partial charge in [-0.1, -0.05) is 19.9 Å². The molecule has 5 heteroatoms. The third-order valence-electron chi connectivity index (χ3n) is 3.07. The first-order chi connectivity index (χ1) is 10.1. The predicted octanol–water partition coefficient (Wildman–Crippen LogP) is 2.10. The highest BCUT2D eigenvalue weighted by atomic mass is 16.5. The van der Waals surface area contributed by atoms with Crippen LogP contribution < -0.4 is 20.1 Å². The monoisotopic (exact) mass is 294 g/mol. The number of methoxy groups -OCH3 is 2. The van der Waals surface area contributed by atoms with Crippen LogP contribution in [0.2, 0.25) is 0 Å². The number of carbonyl (C=O) groups is 1. The minimum absolute atomic E-state index is 0.0651. The van der Waals surface area contributed by atoms with Crippen molar-refractivity contribution in [2.24, 2.45) is 0 Å². The molecule has 0 unspecified atom stereocenters. The van der Waals surface area contributed by atoms with Gasteiger partial charge < -0.3 is 20.1 Å². The second-order valence-corrected chi connectivity index (χ2v) is 5.18. The molecule has 0 saturated carbocycles. The Morgan fingerprint density at radius 1 is 1.19 bits per heavy atom. The van der Waals surface area contributed by atoms with E-state index in [1.807, 2.05) is 18.2 Å². The van der Waals surface area contributed by atoms with Gasteiger partial charge in [-0.05, 0) is 30.7 Å². The quantitative estimate of drug-likeness (QED) is 0.685. The van der Waals surface area contributed by atoms with E-state index in [9.17, 15) is 4.79 Å². The maximum Gasteiger partial charge on any atom is 0.220 e. The van der Waals surface area contributed by atoms with E-state index in [-0.39, 0.29) is 5.91 Å². The van der Waals surface area contributed by atoms with Gasteiger partial charge in [-0.25, -0.2) is 0 Å². The average Bonchev–Trinajstić information content (AvgIpc) is 2.48. The molecule has 1 rings (SSSR count). The number of hydrogen-bond acceptors (Lipinski definition) is 4. The van der Waals surface area contributed by atoms with Crippen LogP contribution in [0.1, 0.15) is 32.3 Å². The summed E-state index contributed by atoms with van der Waals surface area (Å²) in [5, 5.41) is 6.20. The summed E-state index contributed by atoms with van der Waals surface area (Å²) in [4.78, 5) is 11.7. The van der Waals surface area contributed by atoms with Gasteiger partial charge in [0.15, 0.2) is 11.5 Å². The zero-order valence-corrected chi connectivity index (χ0v) is 13.4. The molecule has 5 nitrogen and oxygen atoms in total. The molecule has 0 atom stereocenters. The van der Waals surface area contributed by atoms with Gasteiger partial charge in [-0.2, -0.15) is 0 Å². The molecule has 0 fully saturated rings. The van der Waals surface area contributed by atoms with Crippen LogP contribution in [-0.4, -0.2) is 32.7 Å². The second-order valence-electron chi connectivity index (χ2n) is 5.18. The molecule has 1 aromatic carbocycles. The normalized spacial score (nSPS) is 10.5. The summed E-state index contributed by atoms with van der Waals surface area (Å²) in [5.74, 6) is 1.42. The lowest BCUT2D eigenvalue weighted by Crippen LogP contribution is -2.27. The minimum atomic E-state index is 0.0651. The molecule has 0 saturated heterocycles. The highest BCUT2D eigenvalue weighted by Crippen LogP contribution is 2.27. The molecule has 118 valence electrons. The van der Waals surface area contributed by atoms with Gasteiger partial charge in [0.1, 0.15) is 0 Å². The van der Waals surface area contributed by atoms with E-state index in [4.69, 9.17) is 9.47 Å². The van der Waals surface area contributed by atoms with E-state index in [1.54, 1.807) is 14.2 Å². The first-order valence-corrected chi connectivity index (χ1v) is 7.27. The molecule has 0 aliphatic rings. The maximum atomic E-state index is 11.7. The number of ether oxygens (including phenoxy) is 2. The van der Waals surface area contributed by atoms with Gasteiger partial charge in [0.25, 0.3) is 0 Å². The van der Waals surface area contributed by atoms with Crippen LogP contribution in [0.3, 0.4) is 0 Å². The molecule has 0 aromatic heterocycles. The standard InChI is InChI=1S/C16H26N2O3/c1-12(2)17-9-5-6-16(19)18-11-13-7-8-14(20-3)15(10-13)21-4/h7-8,10,12,17H,5-6,9,11H2,1-4H3,(H,18,19). The van der Waals surface area contributed by atoms with Crippen LogP contribution in [0.4, 0.5) is 0 Å². The smallest absolute Gasteiger partial charge is 0.220 e. The van der Waals surface area contributed by atoms with Gasteiger partial charge in [-0.3, -0.25) is 4.79 Å². The molecule has 2 N–H and O–H groups in total. The number of amides is 1. The number of rotatable bonds is 9. The lowest BCUT2D eigenvalue weighted by Gasteiger charge is -2.11. The molecule has 0 heterocycles. The second kappa shape index (κ2) is 9.23. The third kappa shape index (κ3) is 6.49. The van der Waals surface area contributed by atoms with Crippen LogP contribution in [0.25, 0.3) is 0 Å². The lowest BCUT2D eigenvalue weighted by molar-refractivity contribution is -0.121. The predicted molar refractivity (Wildman–Crippen MR) is 83.8 cm³/mol. The van der Waals surface area contributed by atoms with E-state index in [2.05, 4.69) is 24.5 Å².